The number of nitrogens with one attached hydrogen (secondary N) is 1. The number of nitrogens with zero attached hydrogens (tertiary/aromatic N) is 4. The summed E-state index contributed by atoms with van der Waals surface area (Å²) in [5.74, 6) is 0.942. The van der Waals surface area contributed by atoms with Gasteiger partial charge in [-0.1, -0.05) is 29.8 Å². The Bertz CT molecular complexity index is 1070. The van der Waals surface area contributed by atoms with Gasteiger partial charge in [-0.05, 0) is 18.6 Å². The van der Waals surface area contributed by atoms with Crippen LogP contribution in [0.2, 0.25) is 0 Å². The van der Waals surface area contributed by atoms with E-state index in [1.54, 1.807) is 6.21 Å². The summed E-state index contributed by atoms with van der Waals surface area (Å²) in [6.45, 7) is 5.46. The molecule has 1 aromatic carbocycles. The maximum atomic E-state index is 12.9. The van der Waals surface area contributed by atoms with Crippen LogP contribution in [0.1, 0.15) is 11.1 Å². The lowest BCUT2D eigenvalue weighted by molar-refractivity contribution is 0.122. The van der Waals surface area contributed by atoms with Gasteiger partial charge in [-0.3, -0.25) is 5.43 Å². The van der Waals surface area contributed by atoms with E-state index in [2.05, 4.69) is 25.4 Å². The zero-order chi connectivity index (χ0) is 22.9. The molecule has 0 spiro atoms. The minimum atomic E-state index is -0.409. The van der Waals surface area contributed by atoms with Crippen LogP contribution in [0.4, 0.5) is 15.9 Å². The van der Waals surface area contributed by atoms with E-state index in [1.807, 2.05) is 43.3 Å². The Balaban J connectivity index is 1.41. The molecule has 9 heteroatoms. The van der Waals surface area contributed by atoms with Crippen LogP contribution in [-0.4, -0.2) is 55.7 Å². The summed E-state index contributed by atoms with van der Waals surface area (Å²) in [5, 5.41) is 4.32. The Morgan fingerprint density at radius 2 is 1.91 bits per heavy atom. The van der Waals surface area contributed by atoms with Gasteiger partial charge in [0.1, 0.15) is 19.0 Å². The lowest BCUT2D eigenvalue weighted by Gasteiger charge is -2.29. The van der Waals surface area contributed by atoms with E-state index < -0.39 is 5.82 Å². The summed E-state index contributed by atoms with van der Waals surface area (Å²) in [4.78, 5) is 10.6. The van der Waals surface area contributed by atoms with E-state index in [0.29, 0.717) is 30.8 Å². The standard InChI is InChI=1S/C24H26FN5O3/c1-18-3-2-4-19(13-18)16-27-29-22-14-21(30-7-9-31-10-8-30)15-24(28-22)33-12-11-32-23-6-5-20(25)17-26-23/h2-6,13-17H,7-12H2,1H3,(H,28,29)/b27-16+. The highest BCUT2D eigenvalue weighted by Crippen LogP contribution is 2.25. The number of hydrazone groups is 1. The molecule has 0 radical (unpaired) electrons. The summed E-state index contributed by atoms with van der Waals surface area (Å²) >= 11 is 0. The molecule has 8 nitrogen and oxygen atoms in total. The number of morpholine rings is 1. The van der Waals surface area contributed by atoms with Gasteiger partial charge in [-0.2, -0.15) is 10.1 Å². The third-order valence-electron chi connectivity index (χ3n) is 4.88. The number of rotatable bonds is 9. The Morgan fingerprint density at radius 1 is 1.09 bits per heavy atom. The molecule has 0 bridgehead atoms. The largest absolute Gasteiger partial charge is 0.474 e. The molecule has 3 aromatic rings. The number of hydrogen-bond acceptors (Lipinski definition) is 8. The molecule has 33 heavy (non-hydrogen) atoms. The number of pyridine rings is 2. The number of anilines is 2. The molecule has 1 saturated heterocycles. The molecule has 1 N–H and O–H groups in total. The molecule has 0 unspecified atom stereocenters. The van der Waals surface area contributed by atoms with Crippen molar-refractivity contribution in [3.8, 4) is 11.8 Å². The first-order valence-corrected chi connectivity index (χ1v) is 10.7. The number of benzene rings is 1. The molecule has 0 atom stereocenters. The summed E-state index contributed by atoms with van der Waals surface area (Å²) in [6.07, 6.45) is 2.86. The van der Waals surface area contributed by atoms with Gasteiger partial charge in [0.15, 0.2) is 5.82 Å². The van der Waals surface area contributed by atoms with Crippen molar-refractivity contribution < 1.29 is 18.6 Å². The maximum absolute atomic E-state index is 12.9. The molecule has 0 aliphatic carbocycles. The second-order valence-corrected chi connectivity index (χ2v) is 7.44. The Morgan fingerprint density at radius 3 is 2.67 bits per heavy atom. The number of aryl methyl sites for hydroxylation is 1. The molecule has 1 aliphatic rings. The number of ether oxygens (including phenoxy) is 3. The average Bonchev–Trinajstić information content (AvgIpc) is 2.83. The van der Waals surface area contributed by atoms with Crippen LogP contribution in [0, 0.1) is 12.7 Å². The highest BCUT2D eigenvalue weighted by Gasteiger charge is 2.14. The summed E-state index contributed by atoms with van der Waals surface area (Å²) < 4.78 is 29.7. The molecule has 172 valence electrons. The molecule has 4 rings (SSSR count). The van der Waals surface area contributed by atoms with Crippen molar-refractivity contribution in [2.24, 2.45) is 5.10 Å². The third kappa shape index (κ3) is 6.88. The Kier molecular flexibility index (Phi) is 7.65. The quantitative estimate of drug-likeness (QED) is 0.302. The van der Waals surface area contributed by atoms with Gasteiger partial charge >= 0.3 is 0 Å². The van der Waals surface area contributed by atoms with Crippen LogP contribution in [0.3, 0.4) is 0 Å². The monoisotopic (exact) mass is 451 g/mol. The van der Waals surface area contributed by atoms with Crippen LogP contribution in [0.5, 0.6) is 11.8 Å². The first-order valence-electron chi connectivity index (χ1n) is 10.7. The molecular formula is C24H26FN5O3. The van der Waals surface area contributed by atoms with E-state index in [4.69, 9.17) is 14.2 Å². The molecule has 2 aromatic heterocycles. The van der Waals surface area contributed by atoms with Gasteiger partial charge in [-0.25, -0.2) is 9.37 Å². The van der Waals surface area contributed by atoms with Crippen LogP contribution in [-0.2, 0) is 4.74 Å². The fraction of sp³-hybridized carbons (Fsp3) is 0.292. The van der Waals surface area contributed by atoms with Crippen LogP contribution in [0.15, 0.2) is 59.8 Å². The second kappa shape index (κ2) is 11.2. The van der Waals surface area contributed by atoms with Crippen LogP contribution >= 0.6 is 0 Å². The van der Waals surface area contributed by atoms with E-state index in [0.717, 1.165) is 30.5 Å². The fourth-order valence-corrected chi connectivity index (χ4v) is 3.29. The minimum absolute atomic E-state index is 0.246. The Labute approximate surface area is 192 Å². The van der Waals surface area contributed by atoms with Crippen LogP contribution in [0.25, 0.3) is 0 Å². The number of hydrogen-bond donors (Lipinski definition) is 1. The molecule has 1 fully saturated rings. The highest BCUT2D eigenvalue weighted by atomic mass is 19.1. The molecule has 3 heterocycles. The number of halogens is 1. The lowest BCUT2D eigenvalue weighted by atomic mass is 10.2. The van der Waals surface area contributed by atoms with Crippen molar-refractivity contribution in [2.75, 3.05) is 49.8 Å². The first kappa shape index (κ1) is 22.5. The fourth-order valence-electron chi connectivity index (χ4n) is 3.29. The smallest absolute Gasteiger partial charge is 0.217 e. The van der Waals surface area contributed by atoms with Crippen molar-refractivity contribution in [3.63, 3.8) is 0 Å². The van der Waals surface area contributed by atoms with Gasteiger partial charge in [0.2, 0.25) is 11.8 Å². The van der Waals surface area contributed by atoms with Gasteiger partial charge in [0, 0.05) is 37.0 Å². The zero-order valence-corrected chi connectivity index (χ0v) is 18.4. The second-order valence-electron chi connectivity index (χ2n) is 7.44. The van der Waals surface area contributed by atoms with Crippen molar-refractivity contribution in [3.05, 3.63) is 71.7 Å². The maximum Gasteiger partial charge on any atom is 0.217 e. The predicted octanol–water partition coefficient (Wildman–Crippen LogP) is 3.66. The van der Waals surface area contributed by atoms with Gasteiger partial charge < -0.3 is 19.1 Å². The summed E-state index contributed by atoms with van der Waals surface area (Å²) in [5.41, 5.74) is 6.13. The summed E-state index contributed by atoms with van der Waals surface area (Å²) in [7, 11) is 0. The molecule has 0 saturated carbocycles. The highest BCUT2D eigenvalue weighted by molar-refractivity contribution is 5.80. The molecule has 0 amide bonds. The molecule has 1 aliphatic heterocycles. The normalized spacial score (nSPS) is 13.8. The van der Waals surface area contributed by atoms with Crippen molar-refractivity contribution >= 4 is 17.7 Å². The van der Waals surface area contributed by atoms with Gasteiger partial charge in [0.05, 0.1) is 25.6 Å². The van der Waals surface area contributed by atoms with Gasteiger partial charge in [-0.15, -0.1) is 0 Å². The van der Waals surface area contributed by atoms with E-state index >= 15 is 0 Å². The van der Waals surface area contributed by atoms with Crippen LogP contribution < -0.4 is 19.8 Å². The van der Waals surface area contributed by atoms with E-state index in [-0.39, 0.29) is 13.2 Å². The van der Waals surface area contributed by atoms with Gasteiger partial charge in [0.25, 0.3) is 0 Å². The third-order valence-corrected chi connectivity index (χ3v) is 4.88. The zero-order valence-electron chi connectivity index (χ0n) is 18.4. The number of aromatic nitrogens is 2. The Hall–Kier alpha value is -3.72. The van der Waals surface area contributed by atoms with Crippen molar-refractivity contribution in [1.29, 1.82) is 0 Å². The summed E-state index contributed by atoms with van der Waals surface area (Å²) in [6, 6.07) is 14.7. The average molecular weight is 452 g/mol. The topological polar surface area (TPSA) is 81.1 Å². The SMILES string of the molecule is Cc1cccc(/C=N/Nc2cc(N3CCOCC3)cc(OCCOc3ccc(F)cn3)n2)c1. The van der Waals surface area contributed by atoms with Crippen molar-refractivity contribution in [2.45, 2.75) is 6.92 Å². The van der Waals surface area contributed by atoms with Crippen molar-refractivity contribution in [1.82, 2.24) is 9.97 Å². The first-order chi connectivity index (χ1) is 16.2. The van der Waals surface area contributed by atoms with E-state index in [9.17, 15) is 4.39 Å². The lowest BCUT2D eigenvalue weighted by Crippen LogP contribution is -2.36. The minimum Gasteiger partial charge on any atom is -0.474 e. The molecular weight excluding hydrogens is 425 g/mol. The predicted molar refractivity (Wildman–Crippen MR) is 125 cm³/mol. The van der Waals surface area contributed by atoms with E-state index in [1.165, 1.54) is 17.7 Å².